The molecule has 1 aromatic rings. The Morgan fingerprint density at radius 1 is 1.24 bits per heavy atom. The van der Waals surface area contributed by atoms with Crippen LogP contribution in [-0.4, -0.2) is 45.8 Å². The molecule has 1 amide bonds. The molecule has 6 nitrogen and oxygen atoms in total. The van der Waals surface area contributed by atoms with Gasteiger partial charge in [-0.05, 0) is 72.8 Å². The second-order valence-corrected chi connectivity index (χ2v) is 7.75. The molecule has 0 aliphatic carbocycles. The van der Waals surface area contributed by atoms with E-state index in [-0.39, 0.29) is 12.1 Å². The monoisotopic (exact) mass is 349 g/mol. The summed E-state index contributed by atoms with van der Waals surface area (Å²) in [5.74, 6) is 0. The summed E-state index contributed by atoms with van der Waals surface area (Å²) in [4.78, 5) is 22.9. The van der Waals surface area contributed by atoms with Gasteiger partial charge < -0.3 is 14.4 Å². The Bertz CT molecular complexity index is 564. The predicted octanol–water partition coefficient (Wildman–Crippen LogP) is 4.04. The van der Waals surface area contributed by atoms with Crippen LogP contribution in [0.3, 0.4) is 0 Å². The fraction of sp³-hybridized carbons (Fsp3) is 0.737. The van der Waals surface area contributed by atoms with Crippen LogP contribution < -0.4 is 4.74 Å². The molecule has 2 heterocycles. The summed E-state index contributed by atoms with van der Waals surface area (Å²) < 4.78 is 11.2. The largest absolute Gasteiger partial charge is 0.463 e. The van der Waals surface area contributed by atoms with Crippen LogP contribution in [0.4, 0.5) is 4.79 Å². The Morgan fingerprint density at radius 2 is 1.92 bits per heavy atom. The third-order valence-corrected chi connectivity index (χ3v) is 4.13. The van der Waals surface area contributed by atoms with Crippen molar-refractivity contribution in [2.24, 2.45) is 0 Å². The number of carbonyl (C=O) groups excluding carboxylic acids is 1. The molecule has 6 heteroatoms. The third-order valence-electron chi connectivity index (χ3n) is 4.13. The van der Waals surface area contributed by atoms with Crippen molar-refractivity contribution < 1.29 is 14.3 Å². The average molecular weight is 349 g/mol. The molecule has 0 unspecified atom stereocenters. The first-order valence-corrected chi connectivity index (χ1v) is 9.19. The topological polar surface area (TPSA) is 64.5 Å². The Hall–Kier alpha value is -1.85. The van der Waals surface area contributed by atoms with Crippen LogP contribution in [0, 0.1) is 13.8 Å². The summed E-state index contributed by atoms with van der Waals surface area (Å²) in [6.45, 7) is 10.9. The van der Waals surface area contributed by atoms with Gasteiger partial charge in [0.2, 0.25) is 0 Å². The number of carbonyl (C=O) groups is 1. The van der Waals surface area contributed by atoms with Crippen LogP contribution in [0.5, 0.6) is 6.01 Å². The molecule has 1 aliphatic heterocycles. The van der Waals surface area contributed by atoms with Gasteiger partial charge in [-0.1, -0.05) is 0 Å². The van der Waals surface area contributed by atoms with Crippen molar-refractivity contribution in [3.05, 3.63) is 17.5 Å². The molecule has 0 saturated carbocycles. The molecule has 1 aromatic heterocycles. The van der Waals surface area contributed by atoms with Crippen molar-refractivity contribution in [1.82, 2.24) is 14.9 Å². The highest BCUT2D eigenvalue weighted by Gasteiger charge is 2.30. The molecule has 2 rings (SSSR count). The zero-order valence-corrected chi connectivity index (χ0v) is 16.2. The number of rotatable bonds is 5. The maximum Gasteiger partial charge on any atom is 0.410 e. The Morgan fingerprint density at radius 3 is 2.56 bits per heavy atom. The van der Waals surface area contributed by atoms with Gasteiger partial charge in [-0.25, -0.2) is 14.8 Å². The number of aryl methyl sites for hydroxylation is 2. The van der Waals surface area contributed by atoms with E-state index in [1.165, 1.54) is 0 Å². The first-order valence-electron chi connectivity index (χ1n) is 9.19. The van der Waals surface area contributed by atoms with Crippen LogP contribution in [0.1, 0.15) is 64.3 Å². The van der Waals surface area contributed by atoms with E-state index in [0.717, 1.165) is 50.0 Å². The van der Waals surface area contributed by atoms with Crippen molar-refractivity contribution in [2.75, 3.05) is 13.2 Å². The zero-order chi connectivity index (χ0) is 18.4. The molecule has 25 heavy (non-hydrogen) atoms. The number of piperidine rings is 1. The Labute approximate surface area is 150 Å². The first-order chi connectivity index (χ1) is 11.7. The fourth-order valence-corrected chi connectivity index (χ4v) is 3.10. The van der Waals surface area contributed by atoms with Crippen molar-refractivity contribution in [2.45, 2.75) is 78.4 Å². The van der Waals surface area contributed by atoms with Crippen molar-refractivity contribution >= 4 is 6.09 Å². The maximum atomic E-state index is 12.4. The molecule has 1 saturated heterocycles. The van der Waals surface area contributed by atoms with Gasteiger partial charge in [0.1, 0.15) is 5.60 Å². The Balaban J connectivity index is 1.82. The van der Waals surface area contributed by atoms with Gasteiger partial charge in [0.15, 0.2) is 0 Å². The molecule has 0 aromatic carbocycles. The second kappa shape index (κ2) is 8.50. The number of likely N-dealkylation sites (tertiary alicyclic amines) is 1. The molecule has 1 fully saturated rings. The highest BCUT2D eigenvalue weighted by atomic mass is 16.6. The average Bonchev–Trinajstić information content (AvgIpc) is 2.49. The van der Waals surface area contributed by atoms with Crippen LogP contribution >= 0.6 is 0 Å². The van der Waals surface area contributed by atoms with E-state index in [4.69, 9.17) is 9.47 Å². The number of aromatic nitrogens is 2. The Kier molecular flexibility index (Phi) is 6.62. The summed E-state index contributed by atoms with van der Waals surface area (Å²) >= 11 is 0. The number of nitrogens with zero attached hydrogens (tertiary/aromatic N) is 3. The molecule has 1 atom stereocenters. The normalized spacial score (nSPS) is 18.1. The molecule has 0 radical (unpaired) electrons. The lowest BCUT2D eigenvalue weighted by atomic mass is 9.98. The molecular formula is C19H31N3O3. The van der Waals surface area contributed by atoms with E-state index in [0.29, 0.717) is 12.6 Å². The lowest BCUT2D eigenvalue weighted by Gasteiger charge is -2.36. The first kappa shape index (κ1) is 19.5. The van der Waals surface area contributed by atoms with Crippen LogP contribution in [0.2, 0.25) is 0 Å². The molecule has 0 bridgehead atoms. The summed E-state index contributed by atoms with van der Waals surface area (Å²) in [6, 6.07) is 2.59. The SMILES string of the molecule is Cc1cc(C)nc(OCCC[C@H]2CCCCN2C(=O)OC(C)(C)C)n1. The number of amides is 1. The van der Waals surface area contributed by atoms with Gasteiger partial charge in [-0.2, -0.15) is 0 Å². The third kappa shape index (κ3) is 6.52. The number of hydrogen-bond acceptors (Lipinski definition) is 5. The minimum atomic E-state index is -0.456. The van der Waals surface area contributed by atoms with Crippen LogP contribution in [-0.2, 0) is 4.74 Å². The van der Waals surface area contributed by atoms with Crippen molar-refractivity contribution in [3.8, 4) is 6.01 Å². The van der Waals surface area contributed by atoms with Gasteiger partial charge in [0.25, 0.3) is 0 Å². The van der Waals surface area contributed by atoms with Crippen LogP contribution in [0.15, 0.2) is 6.07 Å². The van der Waals surface area contributed by atoms with Crippen LogP contribution in [0.25, 0.3) is 0 Å². The minimum Gasteiger partial charge on any atom is -0.463 e. The van der Waals surface area contributed by atoms with Gasteiger partial charge in [-0.3, -0.25) is 0 Å². The molecule has 0 spiro atoms. The minimum absolute atomic E-state index is 0.198. The number of hydrogen-bond donors (Lipinski definition) is 0. The molecular weight excluding hydrogens is 318 g/mol. The molecule has 1 aliphatic rings. The quantitative estimate of drug-likeness (QED) is 0.751. The zero-order valence-electron chi connectivity index (χ0n) is 16.2. The lowest BCUT2D eigenvalue weighted by molar-refractivity contribution is 0.00819. The van der Waals surface area contributed by atoms with Crippen molar-refractivity contribution in [3.63, 3.8) is 0 Å². The summed E-state index contributed by atoms with van der Waals surface area (Å²) in [7, 11) is 0. The van der Waals surface area contributed by atoms with Gasteiger partial charge in [-0.15, -0.1) is 0 Å². The highest BCUT2D eigenvalue weighted by Crippen LogP contribution is 2.23. The van der Waals surface area contributed by atoms with Gasteiger partial charge >= 0.3 is 12.1 Å². The standard InChI is InChI=1S/C19H31N3O3/c1-14-13-15(2)21-17(20-14)24-12-8-10-16-9-6-7-11-22(16)18(23)25-19(3,4)5/h13,16H,6-12H2,1-5H3/t16-/m1/s1. The van der Waals surface area contributed by atoms with E-state index < -0.39 is 5.60 Å². The highest BCUT2D eigenvalue weighted by molar-refractivity contribution is 5.68. The van der Waals surface area contributed by atoms with Gasteiger partial charge in [0, 0.05) is 24.0 Å². The maximum absolute atomic E-state index is 12.4. The van der Waals surface area contributed by atoms with Gasteiger partial charge in [0.05, 0.1) is 6.61 Å². The molecule has 140 valence electrons. The van der Waals surface area contributed by atoms with E-state index >= 15 is 0 Å². The summed E-state index contributed by atoms with van der Waals surface area (Å²) in [5.41, 5.74) is 1.36. The lowest BCUT2D eigenvalue weighted by Crippen LogP contribution is -2.46. The van der Waals surface area contributed by atoms with E-state index in [9.17, 15) is 4.79 Å². The smallest absolute Gasteiger partial charge is 0.410 e. The van der Waals surface area contributed by atoms with E-state index in [1.807, 2.05) is 45.6 Å². The molecule has 0 N–H and O–H groups in total. The second-order valence-electron chi connectivity index (χ2n) is 7.75. The number of ether oxygens (including phenoxy) is 2. The fourth-order valence-electron chi connectivity index (χ4n) is 3.10. The summed E-state index contributed by atoms with van der Waals surface area (Å²) in [6.07, 6.45) is 4.80. The van der Waals surface area contributed by atoms with Crippen molar-refractivity contribution in [1.29, 1.82) is 0 Å². The van der Waals surface area contributed by atoms with E-state index in [1.54, 1.807) is 0 Å². The summed E-state index contributed by atoms with van der Waals surface area (Å²) in [5, 5.41) is 0. The predicted molar refractivity (Wildman–Crippen MR) is 96.8 cm³/mol. The van der Waals surface area contributed by atoms with E-state index in [2.05, 4.69) is 9.97 Å².